The van der Waals surface area contributed by atoms with Crippen molar-refractivity contribution < 1.29 is 4.42 Å². The minimum absolute atomic E-state index is 0.410. The van der Waals surface area contributed by atoms with Crippen LogP contribution in [0.1, 0.15) is 60.8 Å². The highest BCUT2D eigenvalue weighted by molar-refractivity contribution is 7.71. The molecule has 1 fully saturated rings. The summed E-state index contributed by atoms with van der Waals surface area (Å²) >= 11 is 5.49. The van der Waals surface area contributed by atoms with Crippen molar-refractivity contribution in [3.63, 3.8) is 0 Å². The molecule has 0 aliphatic carbocycles. The van der Waals surface area contributed by atoms with Gasteiger partial charge >= 0.3 is 0 Å². The molecule has 2 aromatic heterocycles. The van der Waals surface area contributed by atoms with E-state index in [4.69, 9.17) is 21.7 Å². The molecule has 5 rings (SSSR count). The molecule has 0 bridgehead atoms. The first-order valence-corrected chi connectivity index (χ1v) is 11.8. The Balaban J connectivity index is 1.33. The van der Waals surface area contributed by atoms with Gasteiger partial charge in [0.2, 0.25) is 5.89 Å². The maximum Gasteiger partial charge on any atom is 0.288 e. The van der Waals surface area contributed by atoms with Gasteiger partial charge in [0.1, 0.15) is 11.6 Å². The standard InChI is InChI=1S/C23H30N6OS/c1-16-11-17(2)13-19(12-16)22-26-29(23(31)30-22)15-27-9-6-7-18(14-27)21-25-24-20-8-4-3-5-10-28(20)21/h11-13,18H,3-10,14-15H2,1-2H3/t18-/m1/s1. The maximum atomic E-state index is 5.85. The largest absolute Gasteiger partial charge is 0.409 e. The van der Waals surface area contributed by atoms with E-state index in [0.717, 1.165) is 44.5 Å². The summed E-state index contributed by atoms with van der Waals surface area (Å²) in [4.78, 5) is 2.84. The molecule has 3 aromatic rings. The number of rotatable bonds is 4. The van der Waals surface area contributed by atoms with E-state index in [1.54, 1.807) is 0 Å². The summed E-state index contributed by atoms with van der Waals surface area (Å²) in [7, 11) is 0. The fraction of sp³-hybridized carbons (Fsp3) is 0.565. The number of benzene rings is 1. The lowest BCUT2D eigenvalue weighted by atomic mass is 9.97. The molecule has 2 aliphatic heterocycles. The summed E-state index contributed by atoms with van der Waals surface area (Å²) in [6, 6.07) is 6.33. The molecule has 0 spiro atoms. The van der Waals surface area contributed by atoms with Crippen LogP contribution in [0.5, 0.6) is 0 Å². The van der Waals surface area contributed by atoms with Gasteiger partial charge in [-0.1, -0.05) is 23.6 Å². The zero-order valence-electron chi connectivity index (χ0n) is 18.4. The van der Waals surface area contributed by atoms with Crippen molar-refractivity contribution in [3.8, 4) is 11.5 Å². The number of hydrogen-bond donors (Lipinski definition) is 0. The summed E-state index contributed by atoms with van der Waals surface area (Å²) < 4.78 is 10.1. The second kappa shape index (κ2) is 8.67. The summed E-state index contributed by atoms with van der Waals surface area (Å²) in [5.74, 6) is 3.34. The number of likely N-dealkylation sites (tertiary alicyclic amines) is 1. The zero-order valence-corrected chi connectivity index (χ0v) is 19.2. The molecule has 8 heteroatoms. The number of fused-ring (bicyclic) bond motifs is 1. The number of nitrogens with zero attached hydrogens (tertiary/aromatic N) is 6. The second-order valence-electron chi connectivity index (χ2n) is 9.04. The molecule has 0 saturated carbocycles. The van der Waals surface area contributed by atoms with E-state index in [-0.39, 0.29) is 0 Å². The van der Waals surface area contributed by atoms with Crippen LogP contribution >= 0.6 is 12.2 Å². The van der Waals surface area contributed by atoms with Crippen LogP contribution in [0.2, 0.25) is 0 Å². The number of hydrogen-bond acceptors (Lipinski definition) is 6. The van der Waals surface area contributed by atoms with Crippen molar-refractivity contribution in [2.24, 2.45) is 0 Å². The Morgan fingerprint density at radius 3 is 2.71 bits per heavy atom. The van der Waals surface area contributed by atoms with E-state index in [9.17, 15) is 0 Å². The predicted octanol–water partition coefficient (Wildman–Crippen LogP) is 4.64. The van der Waals surface area contributed by atoms with Gasteiger partial charge in [-0.15, -0.1) is 15.3 Å². The summed E-state index contributed by atoms with van der Waals surface area (Å²) in [6.45, 7) is 7.85. The first kappa shape index (κ1) is 20.6. The third kappa shape index (κ3) is 4.36. The van der Waals surface area contributed by atoms with E-state index < -0.39 is 0 Å². The van der Waals surface area contributed by atoms with Crippen LogP contribution in [-0.2, 0) is 19.6 Å². The smallest absolute Gasteiger partial charge is 0.288 e. The van der Waals surface area contributed by atoms with Crippen molar-refractivity contribution in [3.05, 3.63) is 45.8 Å². The highest BCUT2D eigenvalue weighted by atomic mass is 32.1. The molecule has 1 aromatic carbocycles. The van der Waals surface area contributed by atoms with E-state index in [1.165, 1.54) is 42.0 Å². The van der Waals surface area contributed by atoms with Crippen LogP contribution < -0.4 is 0 Å². The first-order chi connectivity index (χ1) is 15.1. The van der Waals surface area contributed by atoms with Crippen LogP contribution in [0.3, 0.4) is 0 Å². The summed E-state index contributed by atoms with van der Waals surface area (Å²) in [5.41, 5.74) is 3.36. The molecule has 1 atom stereocenters. The molecule has 31 heavy (non-hydrogen) atoms. The van der Waals surface area contributed by atoms with Gasteiger partial charge in [-0.05, 0) is 70.4 Å². The van der Waals surface area contributed by atoms with Gasteiger partial charge < -0.3 is 8.98 Å². The average molecular weight is 439 g/mol. The van der Waals surface area contributed by atoms with Crippen LogP contribution in [0.4, 0.5) is 0 Å². The molecule has 0 amide bonds. The second-order valence-corrected chi connectivity index (χ2v) is 9.39. The van der Waals surface area contributed by atoms with Crippen LogP contribution in [0.25, 0.3) is 11.5 Å². The van der Waals surface area contributed by atoms with E-state index >= 15 is 0 Å². The Bertz CT molecular complexity index is 1110. The SMILES string of the molecule is Cc1cc(C)cc(-c2nn(CN3CCC[C@@H](c4nnc5n4CCCCC5)C3)c(=S)o2)c1. The number of aryl methyl sites for hydroxylation is 3. The van der Waals surface area contributed by atoms with Gasteiger partial charge in [0.15, 0.2) is 0 Å². The number of aromatic nitrogens is 5. The normalized spacial score (nSPS) is 19.9. The molecule has 0 unspecified atom stereocenters. The van der Waals surface area contributed by atoms with Gasteiger partial charge in [-0.25, -0.2) is 4.68 Å². The van der Waals surface area contributed by atoms with Gasteiger partial charge in [0.25, 0.3) is 4.84 Å². The van der Waals surface area contributed by atoms with Gasteiger partial charge in [-0.3, -0.25) is 4.90 Å². The van der Waals surface area contributed by atoms with Crippen molar-refractivity contribution >= 4 is 12.2 Å². The highest BCUT2D eigenvalue weighted by Gasteiger charge is 2.28. The summed E-state index contributed by atoms with van der Waals surface area (Å²) in [6.07, 6.45) is 7.09. The monoisotopic (exact) mass is 438 g/mol. The van der Waals surface area contributed by atoms with Crippen molar-refractivity contribution in [1.82, 2.24) is 29.4 Å². The third-order valence-electron chi connectivity index (χ3n) is 6.42. The van der Waals surface area contributed by atoms with Crippen molar-refractivity contribution in [2.45, 2.75) is 71.5 Å². The first-order valence-electron chi connectivity index (χ1n) is 11.4. The molecule has 0 N–H and O–H groups in total. The van der Waals surface area contributed by atoms with E-state index in [2.05, 4.69) is 51.7 Å². The molecule has 1 saturated heterocycles. The van der Waals surface area contributed by atoms with E-state index in [0.29, 0.717) is 23.3 Å². The Morgan fingerprint density at radius 1 is 1.03 bits per heavy atom. The minimum Gasteiger partial charge on any atom is -0.409 e. The Labute approximate surface area is 188 Å². The Kier molecular flexibility index (Phi) is 5.75. The van der Waals surface area contributed by atoms with Gasteiger partial charge in [0.05, 0.1) is 6.67 Å². The maximum absolute atomic E-state index is 5.85. The minimum atomic E-state index is 0.410. The highest BCUT2D eigenvalue weighted by Crippen LogP contribution is 2.28. The molecule has 164 valence electrons. The fourth-order valence-corrected chi connectivity index (χ4v) is 5.18. The van der Waals surface area contributed by atoms with Crippen molar-refractivity contribution in [1.29, 1.82) is 0 Å². The molecular weight excluding hydrogens is 408 g/mol. The molecule has 4 heterocycles. The van der Waals surface area contributed by atoms with Gasteiger partial charge in [-0.2, -0.15) is 0 Å². The van der Waals surface area contributed by atoms with Crippen molar-refractivity contribution in [2.75, 3.05) is 13.1 Å². The third-order valence-corrected chi connectivity index (χ3v) is 6.71. The lowest BCUT2D eigenvalue weighted by Crippen LogP contribution is -2.37. The molecule has 7 nitrogen and oxygen atoms in total. The Morgan fingerprint density at radius 2 is 1.87 bits per heavy atom. The lowest BCUT2D eigenvalue weighted by Gasteiger charge is -2.31. The average Bonchev–Trinajstić information content (AvgIpc) is 3.23. The van der Waals surface area contributed by atoms with E-state index in [1.807, 2.05) is 4.68 Å². The summed E-state index contributed by atoms with van der Waals surface area (Å²) in [5, 5.41) is 13.8. The Hall–Kier alpha value is -2.32. The topological polar surface area (TPSA) is 64.9 Å². The zero-order chi connectivity index (χ0) is 21.4. The molecule has 2 aliphatic rings. The predicted molar refractivity (Wildman–Crippen MR) is 121 cm³/mol. The quantitative estimate of drug-likeness (QED) is 0.553. The van der Waals surface area contributed by atoms with Crippen LogP contribution in [-0.4, -0.2) is 42.5 Å². The van der Waals surface area contributed by atoms with Crippen LogP contribution in [0, 0.1) is 18.7 Å². The molecular formula is C23H30N6OS. The lowest BCUT2D eigenvalue weighted by molar-refractivity contribution is 0.151. The van der Waals surface area contributed by atoms with Gasteiger partial charge in [0, 0.05) is 31.0 Å². The van der Waals surface area contributed by atoms with Crippen LogP contribution in [0.15, 0.2) is 22.6 Å². The molecule has 0 radical (unpaired) electrons. The number of piperidine rings is 1. The fourth-order valence-electron chi connectivity index (χ4n) is 5.00.